The van der Waals surface area contributed by atoms with Gasteiger partial charge in [0.05, 0.1) is 0 Å². The van der Waals surface area contributed by atoms with Gasteiger partial charge in [-0.3, -0.25) is 0 Å². The second kappa shape index (κ2) is 9.70. The average molecular weight is 437 g/mol. The molecule has 0 aliphatic heterocycles. The largest absolute Gasteiger partial charge is 0.343 e. The molecule has 0 spiro atoms. The zero-order valence-corrected chi connectivity index (χ0v) is 18.6. The van der Waals surface area contributed by atoms with Crippen LogP contribution in [0.4, 0.5) is 0 Å². The summed E-state index contributed by atoms with van der Waals surface area (Å²) in [6.07, 6.45) is 4.50. The van der Waals surface area contributed by atoms with Crippen LogP contribution in [0.5, 0.6) is 0 Å². The Bertz CT molecular complexity index is 1120. The predicted octanol–water partition coefficient (Wildman–Crippen LogP) is 7.63. The Hall–Kier alpha value is -2.26. The van der Waals surface area contributed by atoms with Crippen LogP contribution in [0.3, 0.4) is 0 Å². The molecule has 0 saturated carbocycles. The number of aromatic nitrogens is 1. The molecule has 0 aliphatic rings. The lowest BCUT2D eigenvalue weighted by Gasteiger charge is -2.18. The maximum absolute atomic E-state index is 6.43. The summed E-state index contributed by atoms with van der Waals surface area (Å²) in [4.78, 5) is 0. The van der Waals surface area contributed by atoms with Crippen LogP contribution < -0.4 is 5.32 Å². The van der Waals surface area contributed by atoms with E-state index < -0.39 is 0 Å². The predicted molar refractivity (Wildman–Crippen MR) is 128 cm³/mol. The second-order valence-electron chi connectivity index (χ2n) is 7.67. The van der Waals surface area contributed by atoms with Gasteiger partial charge in [-0.05, 0) is 41.3 Å². The highest BCUT2D eigenvalue weighted by molar-refractivity contribution is 6.35. The van der Waals surface area contributed by atoms with Gasteiger partial charge in [0, 0.05) is 46.3 Å². The molecule has 0 bridgehead atoms. The fraction of sp³-hybridized carbons (Fsp3) is 0.231. The molecule has 0 saturated heterocycles. The molecule has 0 radical (unpaired) electrons. The number of hydrogen-bond donors (Lipinski definition) is 1. The summed E-state index contributed by atoms with van der Waals surface area (Å²) >= 11 is 12.5. The third-order valence-corrected chi connectivity index (χ3v) is 6.13. The van der Waals surface area contributed by atoms with Crippen molar-refractivity contribution in [2.24, 2.45) is 0 Å². The van der Waals surface area contributed by atoms with Crippen molar-refractivity contribution in [2.45, 2.75) is 38.9 Å². The molecule has 0 aliphatic carbocycles. The summed E-state index contributed by atoms with van der Waals surface area (Å²) < 4.78 is 2.28. The molecule has 1 aromatic heterocycles. The number of nitrogens with zero attached hydrogens (tertiary/aromatic N) is 1. The molecule has 0 fully saturated rings. The summed E-state index contributed by atoms with van der Waals surface area (Å²) in [5.74, 6) is 0. The van der Waals surface area contributed by atoms with E-state index in [1.165, 1.54) is 22.0 Å². The molecule has 154 valence electrons. The summed E-state index contributed by atoms with van der Waals surface area (Å²) in [6.45, 7) is 3.77. The highest BCUT2D eigenvalue weighted by Gasteiger charge is 2.13. The highest BCUT2D eigenvalue weighted by Crippen LogP contribution is 2.27. The molecule has 2 nitrogen and oxygen atoms in total. The number of halogens is 2. The van der Waals surface area contributed by atoms with Crippen molar-refractivity contribution >= 4 is 34.1 Å². The molecule has 4 aromatic rings. The van der Waals surface area contributed by atoms with E-state index >= 15 is 0 Å². The number of rotatable bonds is 8. The topological polar surface area (TPSA) is 17.0 Å². The average Bonchev–Trinajstić information content (AvgIpc) is 3.11. The van der Waals surface area contributed by atoms with Crippen LogP contribution in [0.15, 0.2) is 79.0 Å². The minimum absolute atomic E-state index is 0.351. The summed E-state index contributed by atoms with van der Waals surface area (Å²) in [5.41, 5.74) is 4.92. The van der Waals surface area contributed by atoms with E-state index in [1.54, 1.807) is 0 Å². The lowest BCUT2D eigenvalue weighted by atomic mass is 10.0. The van der Waals surface area contributed by atoms with Gasteiger partial charge >= 0.3 is 0 Å². The van der Waals surface area contributed by atoms with Crippen LogP contribution in [0.1, 0.15) is 42.5 Å². The summed E-state index contributed by atoms with van der Waals surface area (Å²) in [7, 11) is 0. The van der Waals surface area contributed by atoms with Crippen molar-refractivity contribution in [2.75, 3.05) is 0 Å². The van der Waals surface area contributed by atoms with E-state index in [0.717, 1.165) is 24.9 Å². The Morgan fingerprint density at radius 3 is 2.43 bits per heavy atom. The maximum atomic E-state index is 6.43. The van der Waals surface area contributed by atoms with Crippen LogP contribution in [0.25, 0.3) is 10.9 Å². The molecule has 30 heavy (non-hydrogen) atoms. The number of benzene rings is 3. The first kappa shape index (κ1) is 21.0. The second-order valence-corrected chi connectivity index (χ2v) is 8.51. The monoisotopic (exact) mass is 436 g/mol. The number of para-hydroxylation sites is 1. The van der Waals surface area contributed by atoms with Gasteiger partial charge in [0.2, 0.25) is 0 Å². The molecule has 1 atom stereocenters. The lowest BCUT2D eigenvalue weighted by Crippen LogP contribution is -2.20. The van der Waals surface area contributed by atoms with Crippen LogP contribution in [-0.4, -0.2) is 4.57 Å². The highest BCUT2D eigenvalue weighted by atomic mass is 35.5. The molecule has 0 unspecified atom stereocenters. The first-order valence-corrected chi connectivity index (χ1v) is 11.2. The van der Waals surface area contributed by atoms with Crippen LogP contribution in [0.2, 0.25) is 10.0 Å². The summed E-state index contributed by atoms with van der Waals surface area (Å²) in [6, 6.07) is 25.3. The zero-order chi connectivity index (χ0) is 20.9. The summed E-state index contributed by atoms with van der Waals surface area (Å²) in [5, 5.41) is 6.42. The number of hydrogen-bond acceptors (Lipinski definition) is 1. The molecule has 3 aromatic carbocycles. The van der Waals surface area contributed by atoms with Crippen molar-refractivity contribution in [3.63, 3.8) is 0 Å². The Labute approximate surface area is 188 Å². The minimum Gasteiger partial charge on any atom is -0.343 e. The Balaban J connectivity index is 1.60. The fourth-order valence-electron chi connectivity index (χ4n) is 4.02. The van der Waals surface area contributed by atoms with E-state index in [2.05, 4.69) is 77.6 Å². The normalized spacial score (nSPS) is 12.4. The number of nitrogens with one attached hydrogen (secondary N) is 1. The quantitative estimate of drug-likeness (QED) is 0.300. The molecule has 4 rings (SSSR count). The van der Waals surface area contributed by atoms with Crippen molar-refractivity contribution in [1.82, 2.24) is 9.88 Å². The molecule has 1 N–H and O–H groups in total. The Morgan fingerprint density at radius 2 is 1.67 bits per heavy atom. The van der Waals surface area contributed by atoms with E-state index in [9.17, 15) is 0 Å². The van der Waals surface area contributed by atoms with Gasteiger partial charge in [-0.1, -0.05) is 91.1 Å². The fourth-order valence-corrected chi connectivity index (χ4v) is 4.49. The van der Waals surface area contributed by atoms with E-state index in [4.69, 9.17) is 23.2 Å². The van der Waals surface area contributed by atoms with Gasteiger partial charge in [-0.25, -0.2) is 0 Å². The number of fused-ring (bicyclic) bond motifs is 1. The van der Waals surface area contributed by atoms with E-state index in [1.807, 2.05) is 18.2 Å². The molecular weight excluding hydrogens is 411 g/mol. The van der Waals surface area contributed by atoms with Gasteiger partial charge in [-0.15, -0.1) is 0 Å². The molecule has 0 amide bonds. The molecule has 1 heterocycles. The lowest BCUT2D eigenvalue weighted by molar-refractivity contribution is 0.494. The third-order valence-electron chi connectivity index (χ3n) is 5.55. The molecule has 4 heteroatoms. The third kappa shape index (κ3) is 4.73. The van der Waals surface area contributed by atoms with Crippen molar-refractivity contribution < 1.29 is 0 Å². The first-order chi connectivity index (χ1) is 14.7. The standard InChI is InChI=1S/C26H26Cl2N2/c1-2-8-25(19-9-4-3-5-10-19)29-16-21-18-30(26-12-7-6-11-23(21)26)17-20-13-14-22(27)15-24(20)28/h3-7,9-15,18,25,29H,2,8,16-17H2,1H3/t25-/m1/s1. The first-order valence-electron chi connectivity index (χ1n) is 10.4. The van der Waals surface area contributed by atoms with Crippen LogP contribution >= 0.6 is 23.2 Å². The van der Waals surface area contributed by atoms with Crippen LogP contribution in [-0.2, 0) is 13.1 Å². The van der Waals surface area contributed by atoms with Crippen molar-refractivity contribution in [1.29, 1.82) is 0 Å². The van der Waals surface area contributed by atoms with Gasteiger partial charge in [0.15, 0.2) is 0 Å². The van der Waals surface area contributed by atoms with Crippen LogP contribution in [0, 0.1) is 0 Å². The van der Waals surface area contributed by atoms with Crippen molar-refractivity contribution in [3.8, 4) is 0 Å². The van der Waals surface area contributed by atoms with Gasteiger partial charge in [0.25, 0.3) is 0 Å². The van der Waals surface area contributed by atoms with E-state index in [-0.39, 0.29) is 0 Å². The zero-order valence-electron chi connectivity index (χ0n) is 17.1. The van der Waals surface area contributed by atoms with Gasteiger partial charge in [-0.2, -0.15) is 0 Å². The van der Waals surface area contributed by atoms with Gasteiger partial charge < -0.3 is 9.88 Å². The Morgan fingerprint density at radius 1 is 0.900 bits per heavy atom. The molecular formula is C26H26Cl2N2. The smallest absolute Gasteiger partial charge is 0.0491 e. The SMILES string of the molecule is CCC[C@@H](NCc1cn(Cc2ccc(Cl)cc2Cl)c2ccccc12)c1ccccc1. The maximum Gasteiger partial charge on any atom is 0.0491 e. The van der Waals surface area contributed by atoms with Gasteiger partial charge in [0.1, 0.15) is 0 Å². The Kier molecular flexibility index (Phi) is 6.79. The van der Waals surface area contributed by atoms with Crippen molar-refractivity contribution in [3.05, 3.63) is 106 Å². The minimum atomic E-state index is 0.351. The van der Waals surface area contributed by atoms with E-state index in [0.29, 0.717) is 22.6 Å².